The number of nitrogens with one attached hydrogen (secondary N) is 1. The Morgan fingerprint density at radius 2 is 1.90 bits per heavy atom. The fraction of sp³-hybridized carbons (Fsp3) is 0.625. The first kappa shape index (κ1) is 15.4. The Morgan fingerprint density at radius 3 is 2.55 bits per heavy atom. The number of hydrogen-bond acceptors (Lipinski definition) is 3. The zero-order valence-corrected chi connectivity index (χ0v) is 11.8. The third-order valence-electron chi connectivity index (χ3n) is 4.35. The fourth-order valence-electron chi connectivity index (χ4n) is 3.02. The van der Waals surface area contributed by atoms with Gasteiger partial charge in [0, 0.05) is 30.7 Å². The summed E-state index contributed by atoms with van der Waals surface area (Å²) in [6, 6.07) is 6.29. The summed E-state index contributed by atoms with van der Waals surface area (Å²) in [6.07, 6.45) is 4.73. The third kappa shape index (κ3) is 3.78. The summed E-state index contributed by atoms with van der Waals surface area (Å²) in [6.45, 7) is 1.16. The van der Waals surface area contributed by atoms with Gasteiger partial charge in [0.15, 0.2) is 0 Å². The molecule has 20 heavy (non-hydrogen) atoms. The molecular weight excluding hydrogens is 257 g/mol. The standard InChI is InChI=1S/C16H24FNO2/c17-14-7-3-2-6-13(14)15(20)10-18-11-16(12-19)8-4-1-5-9-16/h2-3,6-7,15,18-20H,1,4-5,8-12H2. The lowest BCUT2D eigenvalue weighted by molar-refractivity contribution is 0.0754. The molecule has 1 unspecified atom stereocenters. The second-order valence-corrected chi connectivity index (χ2v) is 5.89. The Hall–Kier alpha value is -0.970. The molecule has 0 heterocycles. The molecule has 1 aromatic carbocycles. The summed E-state index contributed by atoms with van der Waals surface area (Å²) in [5, 5.41) is 22.8. The molecule has 1 aliphatic carbocycles. The van der Waals surface area contributed by atoms with E-state index in [1.54, 1.807) is 18.2 Å². The lowest BCUT2D eigenvalue weighted by Crippen LogP contribution is -2.40. The highest BCUT2D eigenvalue weighted by atomic mass is 19.1. The molecule has 1 atom stereocenters. The Morgan fingerprint density at radius 1 is 1.20 bits per heavy atom. The summed E-state index contributed by atoms with van der Waals surface area (Å²) < 4.78 is 13.5. The lowest BCUT2D eigenvalue weighted by atomic mass is 9.74. The van der Waals surface area contributed by atoms with Crippen LogP contribution >= 0.6 is 0 Å². The van der Waals surface area contributed by atoms with E-state index in [2.05, 4.69) is 5.32 Å². The van der Waals surface area contributed by atoms with E-state index in [1.807, 2.05) is 0 Å². The normalized spacial score (nSPS) is 19.8. The Kier molecular flexibility index (Phi) is 5.52. The van der Waals surface area contributed by atoms with E-state index in [-0.39, 0.29) is 17.8 Å². The van der Waals surface area contributed by atoms with Gasteiger partial charge >= 0.3 is 0 Å². The first-order valence-corrected chi connectivity index (χ1v) is 7.41. The molecule has 0 bridgehead atoms. The monoisotopic (exact) mass is 281 g/mol. The first-order valence-electron chi connectivity index (χ1n) is 7.41. The van der Waals surface area contributed by atoms with Crippen molar-refractivity contribution in [2.75, 3.05) is 19.7 Å². The number of hydrogen-bond donors (Lipinski definition) is 3. The highest BCUT2D eigenvalue weighted by Crippen LogP contribution is 2.35. The molecule has 112 valence electrons. The maximum atomic E-state index is 13.5. The summed E-state index contributed by atoms with van der Waals surface area (Å²) in [5.74, 6) is -0.378. The molecule has 3 N–H and O–H groups in total. The highest BCUT2D eigenvalue weighted by Gasteiger charge is 2.31. The maximum Gasteiger partial charge on any atom is 0.129 e. The van der Waals surface area contributed by atoms with Crippen molar-refractivity contribution in [2.45, 2.75) is 38.2 Å². The van der Waals surface area contributed by atoms with Gasteiger partial charge in [-0.3, -0.25) is 0 Å². The number of benzene rings is 1. The molecule has 0 saturated heterocycles. The molecule has 0 amide bonds. The van der Waals surface area contributed by atoms with Gasteiger partial charge in [0.25, 0.3) is 0 Å². The third-order valence-corrected chi connectivity index (χ3v) is 4.35. The molecule has 0 spiro atoms. The molecule has 2 rings (SSSR count). The molecule has 1 fully saturated rings. The van der Waals surface area contributed by atoms with Crippen molar-refractivity contribution >= 4 is 0 Å². The molecule has 3 nitrogen and oxygen atoms in total. The summed E-state index contributed by atoms with van der Waals surface area (Å²) in [4.78, 5) is 0. The lowest BCUT2D eigenvalue weighted by Gasteiger charge is -2.36. The minimum atomic E-state index is -0.851. The largest absolute Gasteiger partial charge is 0.396 e. The molecule has 0 aliphatic heterocycles. The second kappa shape index (κ2) is 7.16. The molecule has 4 heteroatoms. The quantitative estimate of drug-likeness (QED) is 0.750. The molecule has 0 aromatic heterocycles. The van der Waals surface area contributed by atoms with Crippen LogP contribution in [-0.2, 0) is 0 Å². The van der Waals surface area contributed by atoms with Gasteiger partial charge in [0.05, 0.1) is 6.10 Å². The average Bonchev–Trinajstić information content (AvgIpc) is 2.48. The summed E-state index contributed by atoms with van der Waals surface area (Å²) >= 11 is 0. The zero-order valence-electron chi connectivity index (χ0n) is 11.8. The van der Waals surface area contributed by atoms with Crippen LogP contribution in [0.25, 0.3) is 0 Å². The molecule has 1 aliphatic rings. The van der Waals surface area contributed by atoms with E-state index in [1.165, 1.54) is 12.5 Å². The summed E-state index contributed by atoms with van der Waals surface area (Å²) in [7, 11) is 0. The number of aliphatic hydroxyl groups excluding tert-OH is 2. The van der Waals surface area contributed by atoms with Crippen molar-refractivity contribution in [3.8, 4) is 0 Å². The molecule has 1 saturated carbocycles. The van der Waals surface area contributed by atoms with Crippen LogP contribution in [0.4, 0.5) is 4.39 Å². The van der Waals surface area contributed by atoms with E-state index in [4.69, 9.17) is 0 Å². The minimum absolute atomic E-state index is 0.0623. The van der Waals surface area contributed by atoms with Crippen LogP contribution in [0.15, 0.2) is 24.3 Å². The number of rotatable bonds is 6. The minimum Gasteiger partial charge on any atom is -0.396 e. The summed E-state index contributed by atoms with van der Waals surface area (Å²) in [5.41, 5.74) is 0.259. The van der Waals surface area contributed by atoms with Gasteiger partial charge in [-0.2, -0.15) is 0 Å². The van der Waals surface area contributed by atoms with Crippen molar-refractivity contribution in [3.63, 3.8) is 0 Å². The van der Waals surface area contributed by atoms with Crippen molar-refractivity contribution in [2.24, 2.45) is 5.41 Å². The van der Waals surface area contributed by atoms with E-state index < -0.39 is 6.10 Å². The van der Waals surface area contributed by atoms with Crippen LogP contribution in [0.1, 0.15) is 43.8 Å². The van der Waals surface area contributed by atoms with Crippen LogP contribution in [0.3, 0.4) is 0 Å². The fourth-order valence-corrected chi connectivity index (χ4v) is 3.02. The molecule has 0 radical (unpaired) electrons. The van der Waals surface area contributed by atoms with Crippen molar-refractivity contribution in [1.82, 2.24) is 5.32 Å². The van der Waals surface area contributed by atoms with Crippen LogP contribution < -0.4 is 5.32 Å². The first-order chi connectivity index (χ1) is 9.67. The molecular formula is C16H24FNO2. The Labute approximate surface area is 119 Å². The predicted octanol–water partition coefficient (Wildman–Crippen LogP) is 2.39. The van der Waals surface area contributed by atoms with E-state index in [0.717, 1.165) is 25.7 Å². The average molecular weight is 281 g/mol. The van der Waals surface area contributed by atoms with Crippen molar-refractivity contribution in [1.29, 1.82) is 0 Å². The van der Waals surface area contributed by atoms with Crippen molar-refractivity contribution < 1.29 is 14.6 Å². The van der Waals surface area contributed by atoms with E-state index in [9.17, 15) is 14.6 Å². The topological polar surface area (TPSA) is 52.5 Å². The van der Waals surface area contributed by atoms with Gasteiger partial charge in [0.2, 0.25) is 0 Å². The van der Waals surface area contributed by atoms with Crippen LogP contribution in [0.5, 0.6) is 0 Å². The van der Waals surface area contributed by atoms with Gasteiger partial charge in [0.1, 0.15) is 5.82 Å². The van der Waals surface area contributed by atoms with Crippen LogP contribution in [0, 0.1) is 11.2 Å². The van der Waals surface area contributed by atoms with Gasteiger partial charge < -0.3 is 15.5 Å². The SMILES string of the molecule is OCC1(CNCC(O)c2ccccc2F)CCCCC1. The van der Waals surface area contributed by atoms with E-state index >= 15 is 0 Å². The van der Waals surface area contributed by atoms with Crippen LogP contribution in [0.2, 0.25) is 0 Å². The van der Waals surface area contributed by atoms with Gasteiger partial charge in [-0.25, -0.2) is 4.39 Å². The van der Waals surface area contributed by atoms with Gasteiger partial charge in [-0.15, -0.1) is 0 Å². The second-order valence-electron chi connectivity index (χ2n) is 5.89. The number of halogens is 1. The van der Waals surface area contributed by atoms with Gasteiger partial charge in [-0.05, 0) is 18.9 Å². The number of aliphatic hydroxyl groups is 2. The van der Waals surface area contributed by atoms with E-state index in [0.29, 0.717) is 18.7 Å². The Balaban J connectivity index is 1.84. The van der Waals surface area contributed by atoms with Gasteiger partial charge in [-0.1, -0.05) is 37.5 Å². The highest BCUT2D eigenvalue weighted by molar-refractivity contribution is 5.19. The molecule has 1 aromatic rings. The predicted molar refractivity (Wildman–Crippen MR) is 76.8 cm³/mol. The zero-order chi connectivity index (χ0) is 14.4. The smallest absolute Gasteiger partial charge is 0.129 e. The Bertz CT molecular complexity index is 419. The van der Waals surface area contributed by atoms with Crippen molar-refractivity contribution in [3.05, 3.63) is 35.6 Å². The van der Waals surface area contributed by atoms with Crippen LogP contribution in [-0.4, -0.2) is 29.9 Å². The maximum absolute atomic E-state index is 13.5.